The lowest BCUT2D eigenvalue weighted by Crippen LogP contribution is -2.41. The first-order valence-electron chi connectivity index (χ1n) is 8.98. The van der Waals surface area contributed by atoms with Crippen LogP contribution in [0.5, 0.6) is 5.75 Å². The van der Waals surface area contributed by atoms with Crippen LogP contribution in [0.25, 0.3) is 0 Å². The molecule has 1 amide bonds. The van der Waals surface area contributed by atoms with Crippen LogP contribution >= 0.6 is 12.4 Å². The number of likely N-dealkylation sites (tertiary alicyclic amines) is 1. The Labute approximate surface area is 160 Å². The normalized spacial score (nSPS) is 22.7. The first-order valence-corrected chi connectivity index (χ1v) is 8.98. The predicted molar refractivity (Wildman–Crippen MR) is 101 cm³/mol. The van der Waals surface area contributed by atoms with E-state index in [1.54, 1.807) is 13.2 Å². The molecule has 1 aromatic carbocycles. The lowest BCUT2D eigenvalue weighted by atomic mass is 9.98. The molecule has 3 rings (SSSR count). The van der Waals surface area contributed by atoms with Gasteiger partial charge in [-0.2, -0.15) is 0 Å². The van der Waals surface area contributed by atoms with E-state index < -0.39 is 5.82 Å². The molecule has 26 heavy (non-hydrogen) atoms. The van der Waals surface area contributed by atoms with E-state index in [2.05, 4.69) is 10.2 Å². The first kappa shape index (κ1) is 20.9. The Bertz CT molecular complexity index is 612. The second-order valence-corrected chi connectivity index (χ2v) is 7.04. The van der Waals surface area contributed by atoms with Gasteiger partial charge in [-0.15, -0.1) is 12.4 Å². The number of amides is 1. The Balaban J connectivity index is 0.00000243. The smallest absolute Gasteiger partial charge is 0.251 e. The molecule has 1 saturated heterocycles. The van der Waals surface area contributed by atoms with Gasteiger partial charge in [-0.05, 0) is 49.3 Å². The monoisotopic (exact) mass is 386 g/mol. The molecule has 146 valence electrons. The Morgan fingerprint density at radius 3 is 2.69 bits per heavy atom. The predicted octanol–water partition coefficient (Wildman–Crippen LogP) is 2.73. The van der Waals surface area contributed by atoms with Gasteiger partial charge in [0.05, 0.1) is 7.11 Å². The third-order valence-electron chi connectivity index (χ3n) is 5.22. The number of hydrogen-bond donors (Lipinski definition) is 1. The lowest BCUT2D eigenvalue weighted by molar-refractivity contribution is 0.0927. The molecule has 1 aromatic rings. The Morgan fingerprint density at radius 2 is 2.08 bits per heavy atom. The molecule has 2 atom stereocenters. The molecular formula is C19H28ClFN2O3. The molecule has 1 saturated carbocycles. The summed E-state index contributed by atoms with van der Waals surface area (Å²) in [5, 5.41) is 3.13. The zero-order valence-corrected chi connectivity index (χ0v) is 16.2. The molecule has 0 aromatic heterocycles. The summed E-state index contributed by atoms with van der Waals surface area (Å²) < 4.78 is 23.9. The van der Waals surface area contributed by atoms with Gasteiger partial charge in [0.25, 0.3) is 5.91 Å². The molecule has 2 aliphatic rings. The summed E-state index contributed by atoms with van der Waals surface area (Å²) in [6, 6.07) is 4.47. The molecule has 0 unspecified atom stereocenters. The number of hydrogen-bond acceptors (Lipinski definition) is 4. The number of carbonyl (C=O) groups is 1. The molecule has 7 heteroatoms. The van der Waals surface area contributed by atoms with Crippen LogP contribution in [-0.4, -0.2) is 57.3 Å². The van der Waals surface area contributed by atoms with Gasteiger partial charge >= 0.3 is 0 Å². The van der Waals surface area contributed by atoms with Crippen LogP contribution in [0.1, 0.15) is 29.6 Å². The quantitative estimate of drug-likeness (QED) is 0.698. The summed E-state index contributed by atoms with van der Waals surface area (Å²) >= 11 is 0. The van der Waals surface area contributed by atoms with Gasteiger partial charge in [0.15, 0.2) is 11.6 Å². The fraction of sp³-hybridized carbons (Fsp3) is 0.632. The standard InChI is InChI=1S/C19H27FN2O3.ClH/c1-24-9-3-8-22-11-15(13-4-5-13)17(12-22)21-19(23)14-6-7-18(25-2)16(20)10-14;/h6-7,10,13,15,17H,3-5,8-9,11-12H2,1-2H3,(H,21,23);1H/t15-,17+;/m1./s1. The maximum Gasteiger partial charge on any atom is 0.251 e. The largest absolute Gasteiger partial charge is 0.494 e. The minimum Gasteiger partial charge on any atom is -0.494 e. The van der Waals surface area contributed by atoms with E-state index in [1.807, 2.05) is 0 Å². The van der Waals surface area contributed by atoms with Gasteiger partial charge in [-0.25, -0.2) is 4.39 Å². The average molecular weight is 387 g/mol. The van der Waals surface area contributed by atoms with Crippen molar-refractivity contribution in [3.05, 3.63) is 29.6 Å². The highest BCUT2D eigenvalue weighted by atomic mass is 35.5. The molecule has 0 radical (unpaired) electrons. The van der Waals surface area contributed by atoms with Gasteiger partial charge in [0, 0.05) is 45.0 Å². The van der Waals surface area contributed by atoms with Gasteiger partial charge in [0.1, 0.15) is 0 Å². The highest BCUT2D eigenvalue weighted by Gasteiger charge is 2.42. The average Bonchev–Trinajstić information content (AvgIpc) is 3.37. The molecule has 0 bridgehead atoms. The fourth-order valence-electron chi connectivity index (χ4n) is 3.74. The number of carbonyl (C=O) groups excluding carboxylic acids is 1. The van der Waals surface area contributed by atoms with Crippen molar-refractivity contribution in [2.75, 3.05) is 40.5 Å². The Kier molecular flexibility index (Phi) is 7.68. The molecule has 2 fully saturated rings. The van der Waals surface area contributed by atoms with Gasteiger partial charge in [-0.3, -0.25) is 4.79 Å². The highest BCUT2D eigenvalue weighted by Crippen LogP contribution is 2.41. The molecule has 5 nitrogen and oxygen atoms in total. The molecule has 1 aliphatic carbocycles. The number of halogens is 2. The van der Waals surface area contributed by atoms with Crippen LogP contribution < -0.4 is 10.1 Å². The van der Waals surface area contributed by atoms with Crippen molar-refractivity contribution in [2.45, 2.75) is 25.3 Å². The van der Waals surface area contributed by atoms with Crippen LogP contribution in [0, 0.1) is 17.7 Å². The van der Waals surface area contributed by atoms with E-state index in [4.69, 9.17) is 9.47 Å². The summed E-state index contributed by atoms with van der Waals surface area (Å²) in [6.07, 6.45) is 3.50. The molecule has 1 heterocycles. The Hall–Kier alpha value is -1.37. The van der Waals surface area contributed by atoms with Crippen molar-refractivity contribution in [3.8, 4) is 5.75 Å². The molecular weight excluding hydrogens is 359 g/mol. The van der Waals surface area contributed by atoms with E-state index in [0.717, 1.165) is 32.7 Å². The van der Waals surface area contributed by atoms with Crippen LogP contribution in [0.4, 0.5) is 4.39 Å². The second-order valence-electron chi connectivity index (χ2n) is 7.04. The van der Waals surface area contributed by atoms with E-state index in [9.17, 15) is 9.18 Å². The van der Waals surface area contributed by atoms with E-state index in [-0.39, 0.29) is 30.1 Å². The molecule has 0 spiro atoms. The van der Waals surface area contributed by atoms with Crippen LogP contribution in [0.15, 0.2) is 18.2 Å². The number of nitrogens with zero attached hydrogens (tertiary/aromatic N) is 1. The van der Waals surface area contributed by atoms with E-state index in [1.165, 1.54) is 32.1 Å². The fourth-order valence-corrected chi connectivity index (χ4v) is 3.74. The minimum absolute atomic E-state index is 0. The summed E-state index contributed by atoms with van der Waals surface area (Å²) in [6.45, 7) is 3.62. The third kappa shape index (κ3) is 5.09. The van der Waals surface area contributed by atoms with Gasteiger partial charge in [-0.1, -0.05) is 0 Å². The number of ether oxygens (including phenoxy) is 2. The minimum atomic E-state index is -0.512. The number of nitrogens with one attached hydrogen (secondary N) is 1. The highest BCUT2D eigenvalue weighted by molar-refractivity contribution is 5.94. The van der Waals surface area contributed by atoms with E-state index in [0.29, 0.717) is 17.4 Å². The van der Waals surface area contributed by atoms with Crippen LogP contribution in [-0.2, 0) is 4.74 Å². The summed E-state index contributed by atoms with van der Waals surface area (Å²) in [7, 11) is 3.13. The van der Waals surface area contributed by atoms with E-state index >= 15 is 0 Å². The number of benzene rings is 1. The van der Waals surface area contributed by atoms with Crippen molar-refractivity contribution >= 4 is 18.3 Å². The van der Waals surface area contributed by atoms with Crippen molar-refractivity contribution in [2.24, 2.45) is 11.8 Å². The second kappa shape index (κ2) is 9.53. The topological polar surface area (TPSA) is 50.8 Å². The van der Waals surface area contributed by atoms with Gasteiger partial charge < -0.3 is 19.7 Å². The molecule has 1 N–H and O–H groups in total. The summed E-state index contributed by atoms with van der Waals surface area (Å²) in [4.78, 5) is 15.0. The van der Waals surface area contributed by atoms with Gasteiger partial charge in [0.2, 0.25) is 0 Å². The number of rotatable bonds is 8. The zero-order chi connectivity index (χ0) is 17.8. The van der Waals surface area contributed by atoms with Crippen molar-refractivity contribution in [3.63, 3.8) is 0 Å². The lowest BCUT2D eigenvalue weighted by Gasteiger charge is -2.19. The zero-order valence-electron chi connectivity index (χ0n) is 15.4. The maximum absolute atomic E-state index is 13.8. The number of methoxy groups -OCH3 is 2. The third-order valence-corrected chi connectivity index (χ3v) is 5.22. The maximum atomic E-state index is 13.8. The summed E-state index contributed by atoms with van der Waals surface area (Å²) in [5.41, 5.74) is 0.339. The van der Waals surface area contributed by atoms with Crippen molar-refractivity contribution in [1.82, 2.24) is 10.2 Å². The first-order chi connectivity index (χ1) is 12.1. The summed E-state index contributed by atoms with van der Waals surface area (Å²) in [5.74, 6) is 0.634. The van der Waals surface area contributed by atoms with Crippen molar-refractivity contribution in [1.29, 1.82) is 0 Å². The van der Waals surface area contributed by atoms with Crippen LogP contribution in [0.3, 0.4) is 0 Å². The van der Waals surface area contributed by atoms with Crippen LogP contribution in [0.2, 0.25) is 0 Å². The SMILES string of the molecule is COCCCN1C[C@H](NC(=O)c2ccc(OC)c(F)c2)[C@@H](C2CC2)C1.Cl. The van der Waals surface area contributed by atoms with Crippen molar-refractivity contribution < 1.29 is 18.7 Å². The molecule has 1 aliphatic heterocycles. The Morgan fingerprint density at radius 1 is 1.31 bits per heavy atom.